The average molecular weight is 266 g/mol. The Balaban J connectivity index is 3.07. The normalized spacial score (nSPS) is 12.2. The molecular weight excluding hydrogens is 244 g/mol. The van der Waals surface area contributed by atoms with E-state index in [1.807, 2.05) is 0 Å². The summed E-state index contributed by atoms with van der Waals surface area (Å²) in [7, 11) is 1.65. The molecule has 0 aromatic carbocycles. The number of nitrogen functional groups attached to an aromatic ring is 1. The molecule has 0 saturated heterocycles. The van der Waals surface area contributed by atoms with Crippen molar-refractivity contribution in [2.75, 3.05) is 30.9 Å². The van der Waals surface area contributed by atoms with E-state index in [-0.39, 0.29) is 6.04 Å². The van der Waals surface area contributed by atoms with Crippen LogP contribution in [-0.4, -0.2) is 37.2 Å². The van der Waals surface area contributed by atoms with Gasteiger partial charge in [0.15, 0.2) is 0 Å². The fourth-order valence-corrected chi connectivity index (χ4v) is 1.80. The van der Waals surface area contributed by atoms with Gasteiger partial charge in [-0.25, -0.2) is 4.98 Å². The minimum atomic E-state index is -0.544. The molecule has 1 aromatic heterocycles. The van der Waals surface area contributed by atoms with Gasteiger partial charge in [-0.05, 0) is 19.4 Å². The molecule has 1 aromatic rings. The van der Waals surface area contributed by atoms with E-state index in [1.165, 1.54) is 6.20 Å². The van der Waals surface area contributed by atoms with Crippen LogP contribution in [0.1, 0.15) is 30.6 Å². The van der Waals surface area contributed by atoms with Crippen molar-refractivity contribution in [2.45, 2.75) is 26.3 Å². The zero-order chi connectivity index (χ0) is 14.4. The maximum Gasteiger partial charge on any atom is 0.250 e. The summed E-state index contributed by atoms with van der Waals surface area (Å²) in [6, 6.07) is 1.92. The second-order valence-corrected chi connectivity index (χ2v) is 4.44. The van der Waals surface area contributed by atoms with Crippen molar-refractivity contribution in [3.8, 4) is 0 Å². The number of nitrogens with zero attached hydrogens (tertiary/aromatic N) is 2. The van der Waals surface area contributed by atoms with E-state index in [9.17, 15) is 4.79 Å². The van der Waals surface area contributed by atoms with Gasteiger partial charge < -0.3 is 21.1 Å². The Labute approximate surface area is 113 Å². The van der Waals surface area contributed by atoms with Crippen molar-refractivity contribution in [3.05, 3.63) is 17.8 Å². The van der Waals surface area contributed by atoms with Crippen LogP contribution in [0, 0.1) is 0 Å². The highest BCUT2D eigenvalue weighted by Crippen LogP contribution is 2.20. The number of pyridine rings is 1. The quantitative estimate of drug-likeness (QED) is 0.768. The van der Waals surface area contributed by atoms with Crippen molar-refractivity contribution in [1.29, 1.82) is 0 Å². The molecule has 0 radical (unpaired) electrons. The Morgan fingerprint density at radius 3 is 2.79 bits per heavy atom. The Morgan fingerprint density at radius 1 is 1.58 bits per heavy atom. The van der Waals surface area contributed by atoms with Crippen molar-refractivity contribution in [2.24, 2.45) is 5.73 Å². The third kappa shape index (κ3) is 3.82. The zero-order valence-electron chi connectivity index (χ0n) is 11.7. The summed E-state index contributed by atoms with van der Waals surface area (Å²) in [5.74, 6) is 0.145. The van der Waals surface area contributed by atoms with E-state index in [0.717, 1.165) is 6.42 Å². The number of anilines is 2. The minimum Gasteiger partial charge on any atom is -0.397 e. The molecule has 6 nitrogen and oxygen atoms in total. The number of hydrogen-bond acceptors (Lipinski definition) is 5. The summed E-state index contributed by atoms with van der Waals surface area (Å²) in [4.78, 5) is 17.7. The fourth-order valence-electron chi connectivity index (χ4n) is 1.80. The van der Waals surface area contributed by atoms with Gasteiger partial charge in [0.1, 0.15) is 5.82 Å². The van der Waals surface area contributed by atoms with Gasteiger partial charge in [0.05, 0.1) is 24.1 Å². The summed E-state index contributed by atoms with van der Waals surface area (Å²) in [5.41, 5.74) is 11.6. The molecule has 19 heavy (non-hydrogen) atoms. The maximum atomic E-state index is 11.3. The van der Waals surface area contributed by atoms with Gasteiger partial charge in [0.2, 0.25) is 0 Å². The van der Waals surface area contributed by atoms with E-state index >= 15 is 0 Å². The molecule has 0 spiro atoms. The molecule has 6 heteroatoms. The highest BCUT2D eigenvalue weighted by Gasteiger charge is 2.16. The van der Waals surface area contributed by atoms with Crippen molar-refractivity contribution < 1.29 is 9.53 Å². The molecule has 1 heterocycles. The summed E-state index contributed by atoms with van der Waals surface area (Å²) < 4.78 is 5.10. The largest absolute Gasteiger partial charge is 0.397 e. The number of nitrogens with two attached hydrogens (primary N) is 2. The summed E-state index contributed by atoms with van der Waals surface area (Å²) in [6.45, 7) is 5.47. The lowest BCUT2D eigenvalue weighted by atomic mass is 10.1. The van der Waals surface area contributed by atoms with Crippen LogP contribution in [0.25, 0.3) is 0 Å². The number of aromatic nitrogens is 1. The van der Waals surface area contributed by atoms with Crippen LogP contribution in [0.4, 0.5) is 11.5 Å². The second kappa shape index (κ2) is 6.94. The number of carbonyl (C=O) groups is 1. The van der Waals surface area contributed by atoms with E-state index in [1.54, 1.807) is 13.2 Å². The Kier molecular flexibility index (Phi) is 5.57. The molecule has 1 atom stereocenters. The molecule has 1 rings (SSSR count). The fraction of sp³-hybridized carbons (Fsp3) is 0.538. The van der Waals surface area contributed by atoms with Gasteiger partial charge in [0.25, 0.3) is 5.91 Å². The summed E-state index contributed by atoms with van der Waals surface area (Å²) in [6.07, 6.45) is 2.43. The van der Waals surface area contributed by atoms with Crippen LogP contribution in [0.2, 0.25) is 0 Å². The molecule has 0 aliphatic heterocycles. The van der Waals surface area contributed by atoms with E-state index in [2.05, 4.69) is 23.7 Å². The smallest absolute Gasteiger partial charge is 0.250 e. The third-order valence-electron chi connectivity index (χ3n) is 3.14. The van der Waals surface area contributed by atoms with E-state index < -0.39 is 5.91 Å². The monoisotopic (exact) mass is 266 g/mol. The SMILES string of the molecule is CCC(C)N(CCOC)c1cc(C(N)=O)c(N)cn1. The van der Waals surface area contributed by atoms with Crippen molar-refractivity contribution in [1.82, 2.24) is 4.98 Å². The molecule has 1 unspecified atom stereocenters. The molecule has 0 aliphatic rings. The molecule has 0 fully saturated rings. The van der Waals surface area contributed by atoms with Gasteiger partial charge in [-0.1, -0.05) is 6.92 Å². The van der Waals surface area contributed by atoms with Crippen LogP contribution in [0.3, 0.4) is 0 Å². The number of carbonyl (C=O) groups excluding carboxylic acids is 1. The molecular formula is C13H22N4O2. The van der Waals surface area contributed by atoms with Gasteiger partial charge in [0, 0.05) is 19.7 Å². The van der Waals surface area contributed by atoms with Crippen LogP contribution in [-0.2, 0) is 4.74 Å². The summed E-state index contributed by atoms with van der Waals surface area (Å²) >= 11 is 0. The van der Waals surface area contributed by atoms with E-state index in [0.29, 0.717) is 30.2 Å². The zero-order valence-corrected chi connectivity index (χ0v) is 11.7. The first-order valence-electron chi connectivity index (χ1n) is 6.32. The van der Waals surface area contributed by atoms with Crippen LogP contribution >= 0.6 is 0 Å². The molecule has 106 valence electrons. The second-order valence-electron chi connectivity index (χ2n) is 4.44. The summed E-state index contributed by atoms with van der Waals surface area (Å²) in [5, 5.41) is 0. The molecule has 1 amide bonds. The van der Waals surface area contributed by atoms with Gasteiger partial charge in [-0.15, -0.1) is 0 Å². The van der Waals surface area contributed by atoms with E-state index in [4.69, 9.17) is 16.2 Å². The number of amides is 1. The number of hydrogen-bond donors (Lipinski definition) is 2. The predicted octanol–water partition coefficient (Wildman–Crippen LogP) is 1.01. The molecule has 0 bridgehead atoms. The van der Waals surface area contributed by atoms with Gasteiger partial charge in [-0.2, -0.15) is 0 Å². The lowest BCUT2D eigenvalue weighted by Crippen LogP contribution is -2.36. The number of primary amides is 1. The highest BCUT2D eigenvalue weighted by molar-refractivity contribution is 5.98. The molecule has 4 N–H and O–H groups in total. The third-order valence-corrected chi connectivity index (χ3v) is 3.14. The van der Waals surface area contributed by atoms with Gasteiger partial charge >= 0.3 is 0 Å². The number of methoxy groups -OCH3 is 1. The van der Waals surface area contributed by atoms with Crippen molar-refractivity contribution in [3.63, 3.8) is 0 Å². The highest BCUT2D eigenvalue weighted by atomic mass is 16.5. The first-order chi connectivity index (χ1) is 9.01. The van der Waals surface area contributed by atoms with Crippen molar-refractivity contribution >= 4 is 17.4 Å². The molecule has 0 saturated carbocycles. The molecule has 0 aliphatic carbocycles. The Morgan fingerprint density at radius 2 is 2.26 bits per heavy atom. The average Bonchev–Trinajstić information content (AvgIpc) is 2.40. The lowest BCUT2D eigenvalue weighted by Gasteiger charge is -2.29. The first kappa shape index (κ1) is 15.2. The Bertz CT molecular complexity index is 437. The topological polar surface area (TPSA) is 94.5 Å². The Hall–Kier alpha value is -1.82. The number of ether oxygens (including phenoxy) is 1. The van der Waals surface area contributed by atoms with Crippen LogP contribution < -0.4 is 16.4 Å². The lowest BCUT2D eigenvalue weighted by molar-refractivity contribution is 0.100. The van der Waals surface area contributed by atoms with Crippen LogP contribution in [0.5, 0.6) is 0 Å². The first-order valence-corrected chi connectivity index (χ1v) is 6.32. The number of rotatable bonds is 7. The standard InChI is InChI=1S/C13H22N4O2/c1-4-9(2)17(5-6-19-3)12-7-10(13(15)18)11(14)8-16-12/h7-9H,4-6,14H2,1-3H3,(H2,15,18). The maximum absolute atomic E-state index is 11.3. The predicted molar refractivity (Wildman–Crippen MR) is 76.1 cm³/mol. The van der Waals surface area contributed by atoms with Crippen LogP contribution in [0.15, 0.2) is 12.3 Å². The minimum absolute atomic E-state index is 0.284. The van der Waals surface area contributed by atoms with Gasteiger partial charge in [-0.3, -0.25) is 4.79 Å².